The van der Waals surface area contributed by atoms with E-state index in [1.54, 1.807) is 12.1 Å². The quantitative estimate of drug-likeness (QED) is 0.878. The molecule has 0 amide bonds. The molecule has 0 bridgehead atoms. The summed E-state index contributed by atoms with van der Waals surface area (Å²) in [6, 6.07) is 3.14. The molecular formula is C12H10BrClN2O4. The molecule has 8 heteroatoms. The fourth-order valence-corrected chi connectivity index (χ4v) is 2.11. The van der Waals surface area contributed by atoms with Crippen LogP contribution in [0.15, 0.2) is 21.4 Å². The zero-order chi connectivity index (χ0) is 14.9. The summed E-state index contributed by atoms with van der Waals surface area (Å²) < 4.78 is 10.2. The van der Waals surface area contributed by atoms with Crippen molar-refractivity contribution < 1.29 is 14.6 Å². The standard InChI is InChI=1S/C12H10BrClN2O4/c1-19-7-4-5(3-6(14)9(7)20-2)10-15-11(17)8(13)12(18)16-10/h3-4H,1-2H3,(H2,15,16,17,18). The Kier molecular flexibility index (Phi) is 4.20. The highest BCUT2D eigenvalue weighted by atomic mass is 79.9. The highest BCUT2D eigenvalue weighted by molar-refractivity contribution is 9.10. The third-order valence-electron chi connectivity index (χ3n) is 2.55. The number of hydrogen-bond acceptors (Lipinski definition) is 5. The Morgan fingerprint density at radius 2 is 2.05 bits per heavy atom. The largest absolute Gasteiger partial charge is 0.493 e. The van der Waals surface area contributed by atoms with Crippen molar-refractivity contribution in [2.45, 2.75) is 0 Å². The van der Waals surface area contributed by atoms with Crippen molar-refractivity contribution >= 4 is 27.5 Å². The summed E-state index contributed by atoms with van der Waals surface area (Å²) in [5.41, 5.74) is -0.0223. The summed E-state index contributed by atoms with van der Waals surface area (Å²) >= 11 is 9.00. The molecule has 0 aliphatic heterocycles. The van der Waals surface area contributed by atoms with Crippen LogP contribution in [0.4, 0.5) is 0 Å². The topological polar surface area (TPSA) is 84.4 Å². The van der Waals surface area contributed by atoms with Crippen LogP contribution in [0.2, 0.25) is 5.02 Å². The number of aromatic nitrogens is 2. The van der Waals surface area contributed by atoms with Crippen LogP contribution in [-0.4, -0.2) is 29.3 Å². The fraction of sp³-hybridized carbons (Fsp3) is 0.167. The third-order valence-corrected chi connectivity index (χ3v) is 3.55. The lowest BCUT2D eigenvalue weighted by molar-refractivity contribution is 0.355. The second-order valence-corrected chi connectivity index (χ2v) is 4.95. The first-order valence-corrected chi connectivity index (χ1v) is 6.55. The van der Waals surface area contributed by atoms with Crippen LogP contribution in [0.25, 0.3) is 11.4 Å². The lowest BCUT2D eigenvalue weighted by atomic mass is 10.2. The van der Waals surface area contributed by atoms with E-state index >= 15 is 0 Å². The Balaban J connectivity index is 2.65. The molecule has 0 fully saturated rings. The van der Waals surface area contributed by atoms with Gasteiger partial charge in [-0.3, -0.25) is 4.79 Å². The number of methoxy groups -OCH3 is 2. The van der Waals surface area contributed by atoms with E-state index in [1.807, 2.05) is 0 Å². The van der Waals surface area contributed by atoms with E-state index in [2.05, 4.69) is 25.9 Å². The van der Waals surface area contributed by atoms with Crippen molar-refractivity contribution in [2.24, 2.45) is 0 Å². The second-order valence-electron chi connectivity index (χ2n) is 3.75. The number of rotatable bonds is 3. The minimum Gasteiger partial charge on any atom is -0.493 e. The first kappa shape index (κ1) is 14.7. The zero-order valence-electron chi connectivity index (χ0n) is 10.5. The number of H-pyrrole nitrogens is 1. The zero-order valence-corrected chi connectivity index (χ0v) is 12.9. The molecule has 106 valence electrons. The van der Waals surface area contributed by atoms with Crippen molar-refractivity contribution in [1.29, 1.82) is 0 Å². The minimum atomic E-state index is -0.501. The molecule has 0 aliphatic carbocycles. The lowest BCUT2D eigenvalue weighted by Crippen LogP contribution is -2.09. The number of aromatic amines is 1. The predicted octanol–water partition coefficient (Wildman–Crippen LogP) is 2.58. The van der Waals surface area contributed by atoms with Gasteiger partial charge in [-0.15, -0.1) is 0 Å². The van der Waals surface area contributed by atoms with E-state index in [-0.39, 0.29) is 10.3 Å². The summed E-state index contributed by atoms with van der Waals surface area (Å²) in [6.45, 7) is 0. The maximum absolute atomic E-state index is 11.6. The van der Waals surface area contributed by atoms with Gasteiger partial charge < -0.3 is 19.6 Å². The Bertz CT molecular complexity index is 717. The minimum absolute atomic E-state index is 0.0344. The SMILES string of the molecule is COc1cc(-c2nc(O)c(Br)c(=O)[nH]2)cc(Cl)c1OC. The smallest absolute Gasteiger partial charge is 0.269 e. The van der Waals surface area contributed by atoms with Gasteiger partial charge >= 0.3 is 0 Å². The number of halogens is 2. The molecule has 6 nitrogen and oxygen atoms in total. The molecule has 20 heavy (non-hydrogen) atoms. The lowest BCUT2D eigenvalue weighted by Gasteiger charge is -2.11. The molecule has 2 rings (SSSR count). The van der Waals surface area contributed by atoms with Crippen LogP contribution in [0.5, 0.6) is 17.4 Å². The molecule has 0 radical (unpaired) electrons. The van der Waals surface area contributed by atoms with Crippen molar-refractivity contribution in [1.82, 2.24) is 9.97 Å². The Hall–Kier alpha value is -1.73. The van der Waals surface area contributed by atoms with E-state index in [4.69, 9.17) is 21.1 Å². The van der Waals surface area contributed by atoms with Crippen LogP contribution < -0.4 is 15.0 Å². The molecular weight excluding hydrogens is 351 g/mol. The van der Waals surface area contributed by atoms with Gasteiger partial charge in [0.1, 0.15) is 10.3 Å². The molecule has 1 aromatic carbocycles. The van der Waals surface area contributed by atoms with Crippen molar-refractivity contribution in [3.63, 3.8) is 0 Å². The highest BCUT2D eigenvalue weighted by Gasteiger charge is 2.15. The maximum Gasteiger partial charge on any atom is 0.269 e. The van der Waals surface area contributed by atoms with Gasteiger partial charge in [0.15, 0.2) is 11.5 Å². The van der Waals surface area contributed by atoms with Crippen LogP contribution in [0, 0.1) is 0 Å². The molecule has 0 saturated heterocycles. The summed E-state index contributed by atoms with van der Waals surface area (Å²) in [4.78, 5) is 18.0. The van der Waals surface area contributed by atoms with Crippen LogP contribution >= 0.6 is 27.5 Å². The predicted molar refractivity (Wildman–Crippen MR) is 77.8 cm³/mol. The van der Waals surface area contributed by atoms with Gasteiger partial charge in [-0.1, -0.05) is 11.6 Å². The molecule has 2 N–H and O–H groups in total. The number of benzene rings is 1. The molecule has 0 aliphatic rings. The molecule has 0 unspecified atom stereocenters. The molecule has 0 atom stereocenters. The van der Waals surface area contributed by atoms with Gasteiger partial charge in [0, 0.05) is 5.56 Å². The first-order valence-electron chi connectivity index (χ1n) is 5.38. The molecule has 0 saturated carbocycles. The summed E-state index contributed by atoms with van der Waals surface area (Å²) in [7, 11) is 2.93. The maximum atomic E-state index is 11.6. The van der Waals surface area contributed by atoms with Crippen LogP contribution in [-0.2, 0) is 0 Å². The number of hydrogen-bond donors (Lipinski definition) is 2. The summed E-state index contributed by atoms with van der Waals surface area (Å²) in [5.74, 6) is 0.523. The van der Waals surface area contributed by atoms with E-state index < -0.39 is 11.4 Å². The average Bonchev–Trinajstić information content (AvgIpc) is 2.43. The second kappa shape index (κ2) is 5.72. The van der Waals surface area contributed by atoms with E-state index in [1.165, 1.54) is 14.2 Å². The third kappa shape index (κ3) is 2.59. The number of aromatic hydroxyl groups is 1. The van der Waals surface area contributed by atoms with Crippen LogP contribution in [0.1, 0.15) is 0 Å². The van der Waals surface area contributed by atoms with Crippen molar-refractivity contribution in [2.75, 3.05) is 14.2 Å². The molecule has 2 aromatic rings. The monoisotopic (exact) mass is 360 g/mol. The first-order chi connectivity index (χ1) is 9.47. The summed E-state index contributed by atoms with van der Waals surface area (Å²) in [6.07, 6.45) is 0. The normalized spacial score (nSPS) is 10.4. The molecule has 0 spiro atoms. The van der Waals surface area contributed by atoms with Gasteiger partial charge in [-0.05, 0) is 28.1 Å². The Labute approximate surface area is 127 Å². The Morgan fingerprint density at radius 1 is 1.35 bits per heavy atom. The number of nitrogens with one attached hydrogen (secondary N) is 1. The van der Waals surface area contributed by atoms with Gasteiger partial charge in [0.05, 0.1) is 19.2 Å². The van der Waals surface area contributed by atoms with Crippen molar-refractivity contribution in [3.8, 4) is 28.8 Å². The average molecular weight is 362 g/mol. The highest BCUT2D eigenvalue weighted by Crippen LogP contribution is 2.38. The number of nitrogens with zero attached hydrogens (tertiary/aromatic N) is 1. The van der Waals surface area contributed by atoms with E-state index in [9.17, 15) is 9.90 Å². The summed E-state index contributed by atoms with van der Waals surface area (Å²) in [5, 5.41) is 9.87. The molecule has 1 heterocycles. The number of ether oxygens (including phenoxy) is 2. The van der Waals surface area contributed by atoms with Gasteiger partial charge in [-0.25, -0.2) is 0 Å². The van der Waals surface area contributed by atoms with Gasteiger partial charge in [0.25, 0.3) is 5.56 Å². The van der Waals surface area contributed by atoms with Crippen LogP contribution in [0.3, 0.4) is 0 Å². The molecule has 1 aromatic heterocycles. The van der Waals surface area contributed by atoms with Gasteiger partial charge in [-0.2, -0.15) is 4.98 Å². The van der Waals surface area contributed by atoms with E-state index in [0.717, 1.165) is 0 Å². The van der Waals surface area contributed by atoms with E-state index in [0.29, 0.717) is 22.1 Å². The Morgan fingerprint density at radius 3 is 2.60 bits per heavy atom. The fourth-order valence-electron chi connectivity index (χ4n) is 1.64. The van der Waals surface area contributed by atoms with Gasteiger partial charge in [0.2, 0.25) is 5.88 Å². The van der Waals surface area contributed by atoms with Crippen molar-refractivity contribution in [3.05, 3.63) is 32.0 Å².